The number of allylic oxidation sites excluding steroid dienone is 1. The molecule has 103 heavy (non-hydrogen) atoms. The number of esters is 5. The third-order valence-electron chi connectivity index (χ3n) is 21.5. The summed E-state index contributed by atoms with van der Waals surface area (Å²) in [7, 11) is -10.4. The summed E-state index contributed by atoms with van der Waals surface area (Å²) in [4.78, 5) is 100. The maximum atomic E-state index is 12.8. The minimum atomic E-state index is -5.20. The molecule has 0 aromatic carbocycles. The second kappa shape index (κ2) is 59.7. The smallest absolute Gasteiger partial charge is 0.756 e. The van der Waals surface area contributed by atoms with Gasteiger partial charge in [0.1, 0.15) is 25.4 Å². The fourth-order valence-electron chi connectivity index (χ4n) is 15.3. The average molecular weight is 1520 g/mol. The molecule has 10 atom stereocenters. The minimum Gasteiger partial charge on any atom is -0.756 e. The Hall–Kier alpha value is -1.06. The van der Waals surface area contributed by atoms with Crippen LogP contribution in [-0.2, 0) is 79.7 Å². The van der Waals surface area contributed by atoms with Crippen molar-refractivity contribution in [3.8, 4) is 0 Å². The molecule has 0 spiro atoms. The third-order valence-corrected chi connectivity index (χ3v) is 23.4. The Labute approximate surface area is 667 Å². The van der Waals surface area contributed by atoms with Gasteiger partial charge in [-0.2, -0.15) is 0 Å². The number of hydrogen-bond acceptors (Lipinski definition) is 20. The Balaban J connectivity index is 0.00000162. The molecule has 0 radical (unpaired) electrons. The molecular weight excluding hydrogens is 1380 g/mol. The van der Waals surface area contributed by atoms with Gasteiger partial charge in [0.05, 0.1) is 26.4 Å². The summed E-state index contributed by atoms with van der Waals surface area (Å²) < 4.78 is 72.5. The van der Waals surface area contributed by atoms with Gasteiger partial charge in [0.2, 0.25) is 0 Å². The number of phosphoric acid groups is 2. The van der Waals surface area contributed by atoms with E-state index < -0.39 is 97.5 Å². The van der Waals surface area contributed by atoms with Gasteiger partial charge >= 0.3 is 89.0 Å². The Kier molecular flexibility index (Phi) is 57.9. The van der Waals surface area contributed by atoms with Crippen molar-refractivity contribution >= 4 is 51.3 Å². The van der Waals surface area contributed by atoms with E-state index in [1.54, 1.807) is 0 Å². The molecule has 0 aromatic rings. The Morgan fingerprint density at radius 3 is 1.17 bits per heavy atom. The summed E-state index contributed by atoms with van der Waals surface area (Å²) in [6, 6.07) is 0. The van der Waals surface area contributed by atoms with Crippen molar-refractivity contribution in [3.05, 3.63) is 11.6 Å². The van der Waals surface area contributed by atoms with Gasteiger partial charge < -0.3 is 56.7 Å². The first-order chi connectivity index (χ1) is 48.5. The molecule has 20 nitrogen and oxygen atoms in total. The van der Waals surface area contributed by atoms with Gasteiger partial charge in [-0.05, 0) is 99.9 Å². The molecule has 3 saturated carbocycles. The van der Waals surface area contributed by atoms with Gasteiger partial charge in [0.15, 0.2) is 18.0 Å². The maximum Gasteiger partial charge on any atom is 1.00 e. The van der Waals surface area contributed by atoms with Crippen molar-refractivity contribution in [1.29, 1.82) is 0 Å². The fourth-order valence-corrected chi connectivity index (χ4v) is 16.9. The molecule has 4 aliphatic rings. The summed E-state index contributed by atoms with van der Waals surface area (Å²) in [5.74, 6) is 0.172. The number of ether oxygens (including phenoxy) is 5. The number of rotatable bonds is 60. The molecular formula is C79H140Na2O20P2. The first kappa shape index (κ1) is 99.9. The van der Waals surface area contributed by atoms with Crippen molar-refractivity contribution in [1.82, 2.24) is 0 Å². The van der Waals surface area contributed by atoms with E-state index in [-0.39, 0.29) is 108 Å². The second-order valence-corrected chi connectivity index (χ2v) is 32.9. The minimum absolute atomic E-state index is 0. The van der Waals surface area contributed by atoms with Crippen LogP contribution in [0.25, 0.3) is 0 Å². The van der Waals surface area contributed by atoms with E-state index in [2.05, 4.69) is 41.5 Å². The normalized spacial score (nSPS) is 21.7. The van der Waals surface area contributed by atoms with Gasteiger partial charge in [0.25, 0.3) is 15.6 Å². The number of hydrogen-bond donors (Lipinski definition) is 1. The molecule has 0 saturated heterocycles. The summed E-state index contributed by atoms with van der Waals surface area (Å²) in [6.07, 6.45) is 45.5. The fraction of sp³-hybridized carbons (Fsp3) is 0.899. The predicted octanol–water partition coefficient (Wildman–Crippen LogP) is 12.8. The van der Waals surface area contributed by atoms with Crippen LogP contribution >= 0.6 is 15.6 Å². The standard InChI is InChI=1S/C57H110O17P2.C22H32O3.2Na/c1-5-9-13-17-21-25-29-33-37-41-54(59)67-47-52(73-56(61)43-39-35-31-27-23-19-15-11-7-3)49-71-75(63,64)69-45-51(58)46-70-76(65,66)72-50-53(74-57(62)44-40-36-32-28-24-20-16-12-8-4)48-68-55(60)42-38-34-30-26-22-18-14-10-6-2;1-4-20(24)25-19-8-7-17-16-6-5-14-13-15(23)9-11-21(14,2)18(16)10-12-22(17,19)3;;/h51-53,58H,5-50H2,1-4H3,(H,63,64)(H,65,66);13,16-19H,4-12H2,1-3H3;;/q;;2*+1/p-2. The Morgan fingerprint density at radius 2 is 0.796 bits per heavy atom. The van der Waals surface area contributed by atoms with E-state index in [4.69, 9.17) is 41.8 Å². The van der Waals surface area contributed by atoms with Crippen molar-refractivity contribution in [2.75, 3.05) is 39.6 Å². The first-order valence-corrected chi connectivity index (χ1v) is 43.5. The third kappa shape index (κ3) is 44.5. The average Bonchev–Trinajstić information content (AvgIpc) is 1.69. The van der Waals surface area contributed by atoms with Crippen molar-refractivity contribution in [2.24, 2.45) is 28.6 Å². The number of fused-ring (bicyclic) bond motifs is 5. The molecule has 4 rings (SSSR count). The van der Waals surface area contributed by atoms with Gasteiger partial charge in [-0.15, -0.1) is 0 Å². The monoisotopic (exact) mass is 1520 g/mol. The number of aliphatic hydroxyl groups is 1. The van der Waals surface area contributed by atoms with Crippen LogP contribution < -0.4 is 68.9 Å². The molecule has 3 fully saturated rings. The Bertz CT molecular complexity index is 2310. The van der Waals surface area contributed by atoms with Crippen LogP contribution in [-0.4, -0.2) is 105 Å². The molecule has 0 heterocycles. The van der Waals surface area contributed by atoms with E-state index in [0.29, 0.717) is 49.7 Å². The van der Waals surface area contributed by atoms with E-state index in [0.717, 1.165) is 141 Å². The van der Waals surface area contributed by atoms with Crippen molar-refractivity contribution < 1.29 is 154 Å². The zero-order chi connectivity index (χ0) is 74.0. The molecule has 0 aliphatic heterocycles. The number of phosphoric ester groups is 2. The number of aliphatic hydroxyl groups excluding tert-OH is 1. The molecule has 1 N–H and O–H groups in total. The van der Waals surface area contributed by atoms with Crippen LogP contribution in [0.3, 0.4) is 0 Å². The number of carbonyl (C=O) groups excluding carboxylic acids is 6. The molecule has 0 amide bonds. The predicted molar refractivity (Wildman–Crippen MR) is 391 cm³/mol. The molecule has 4 aliphatic carbocycles. The van der Waals surface area contributed by atoms with Gasteiger partial charge in [-0.1, -0.05) is 260 Å². The summed E-state index contributed by atoms with van der Waals surface area (Å²) in [5, 5.41) is 10.4. The zero-order valence-corrected chi connectivity index (χ0v) is 71.9. The topological polar surface area (TPSA) is 286 Å². The number of unbranched alkanes of at least 4 members (excludes halogenated alkanes) is 32. The van der Waals surface area contributed by atoms with Gasteiger partial charge in [-0.3, -0.25) is 37.9 Å². The van der Waals surface area contributed by atoms with E-state index in [1.807, 2.05) is 13.0 Å². The largest absolute Gasteiger partial charge is 1.00 e. The van der Waals surface area contributed by atoms with Crippen LogP contribution in [0.4, 0.5) is 0 Å². The number of ketones is 1. The van der Waals surface area contributed by atoms with Crippen LogP contribution in [0.5, 0.6) is 0 Å². The van der Waals surface area contributed by atoms with E-state index in [9.17, 15) is 52.8 Å². The summed E-state index contributed by atoms with van der Waals surface area (Å²) >= 11 is 0. The maximum absolute atomic E-state index is 12.8. The van der Waals surface area contributed by atoms with Gasteiger partial charge in [0, 0.05) is 43.9 Å². The zero-order valence-electron chi connectivity index (χ0n) is 66.1. The van der Waals surface area contributed by atoms with Gasteiger partial charge in [-0.25, -0.2) is 0 Å². The van der Waals surface area contributed by atoms with Crippen molar-refractivity contribution in [2.45, 2.75) is 388 Å². The molecule has 24 heteroatoms. The SMILES string of the molecule is CCC(=O)OC1CCC2C3CCC4=CC(=O)CCC4(C)C3CCC12C.CCCCCCCCCCCC(=O)OCC(COP(=O)([O-])OCC(O)COP(=O)([O-])OCC(COC(=O)CCCCCCCCCCC)OC(=O)CCCCCCCCCCC)OC(=O)CCCCCCCCCCC.[Na+].[Na+]. The van der Waals surface area contributed by atoms with Crippen LogP contribution in [0, 0.1) is 28.6 Å². The summed E-state index contributed by atoms with van der Waals surface area (Å²) in [5.41, 5.74) is 1.82. The van der Waals surface area contributed by atoms with Crippen LogP contribution in [0.2, 0.25) is 0 Å². The van der Waals surface area contributed by atoms with Crippen LogP contribution in [0.15, 0.2) is 11.6 Å². The summed E-state index contributed by atoms with van der Waals surface area (Å²) in [6.45, 7) is 11.1. The molecule has 0 bridgehead atoms. The van der Waals surface area contributed by atoms with Crippen molar-refractivity contribution in [3.63, 3.8) is 0 Å². The quantitative estimate of drug-likeness (QED) is 0.0195. The van der Waals surface area contributed by atoms with Crippen LogP contribution in [0.1, 0.15) is 363 Å². The molecule has 588 valence electrons. The van der Waals surface area contributed by atoms with E-state index >= 15 is 0 Å². The first-order valence-electron chi connectivity index (χ1n) is 40.6. The molecule has 0 aromatic heterocycles. The van der Waals surface area contributed by atoms with E-state index in [1.165, 1.54) is 128 Å². The number of carbonyl (C=O) groups is 6. The molecule has 10 unspecified atom stereocenters. The second-order valence-electron chi connectivity index (χ2n) is 30.1. The Morgan fingerprint density at radius 1 is 0.447 bits per heavy atom.